The van der Waals surface area contributed by atoms with Gasteiger partial charge in [-0.05, 0) is 45.3 Å². The van der Waals surface area contributed by atoms with E-state index in [9.17, 15) is 0 Å². The van der Waals surface area contributed by atoms with E-state index in [-0.39, 0.29) is 0 Å². The van der Waals surface area contributed by atoms with Gasteiger partial charge in [0.15, 0.2) is 0 Å². The molecule has 1 heterocycles. The Bertz CT molecular complexity index is 170. The Morgan fingerprint density at radius 2 is 1.82 bits per heavy atom. The molecular formula is C14H30N2O. The third-order valence-electron chi connectivity index (χ3n) is 3.50. The van der Waals surface area contributed by atoms with Crippen LogP contribution in [0.15, 0.2) is 0 Å². The minimum Gasteiger partial charge on any atom is -0.380 e. The van der Waals surface area contributed by atoms with Crippen LogP contribution >= 0.6 is 0 Å². The number of unbranched alkanes of at least 4 members (excludes halogenated alkanes) is 1. The van der Waals surface area contributed by atoms with Gasteiger partial charge in [-0.2, -0.15) is 0 Å². The number of ether oxygens (including phenoxy) is 1. The van der Waals surface area contributed by atoms with Crippen molar-refractivity contribution in [2.45, 2.75) is 52.0 Å². The summed E-state index contributed by atoms with van der Waals surface area (Å²) in [4.78, 5) is 2.63. The second kappa shape index (κ2) is 9.86. The molecule has 17 heavy (non-hydrogen) atoms. The van der Waals surface area contributed by atoms with Crippen LogP contribution in [-0.2, 0) is 4.74 Å². The third-order valence-corrected chi connectivity index (χ3v) is 3.50. The van der Waals surface area contributed by atoms with Gasteiger partial charge in [0.05, 0.1) is 6.61 Å². The normalized spacial score (nSPS) is 17.8. The van der Waals surface area contributed by atoms with Gasteiger partial charge >= 0.3 is 0 Å². The Hall–Kier alpha value is -0.120. The van der Waals surface area contributed by atoms with E-state index in [0.29, 0.717) is 0 Å². The summed E-state index contributed by atoms with van der Waals surface area (Å²) in [5, 5.41) is 3.44. The van der Waals surface area contributed by atoms with Crippen molar-refractivity contribution in [2.75, 3.05) is 39.4 Å². The lowest BCUT2D eigenvalue weighted by molar-refractivity contribution is 0.0767. The van der Waals surface area contributed by atoms with Gasteiger partial charge in [-0.1, -0.05) is 20.3 Å². The van der Waals surface area contributed by atoms with Crippen LogP contribution < -0.4 is 5.32 Å². The Morgan fingerprint density at radius 3 is 2.47 bits per heavy atom. The summed E-state index contributed by atoms with van der Waals surface area (Å²) in [5.41, 5.74) is 0. The van der Waals surface area contributed by atoms with Gasteiger partial charge < -0.3 is 10.1 Å². The van der Waals surface area contributed by atoms with Crippen LogP contribution in [-0.4, -0.2) is 50.3 Å². The van der Waals surface area contributed by atoms with E-state index in [2.05, 4.69) is 24.1 Å². The zero-order valence-corrected chi connectivity index (χ0v) is 11.7. The number of piperidine rings is 1. The molecule has 0 unspecified atom stereocenters. The monoisotopic (exact) mass is 242 g/mol. The second-order valence-electron chi connectivity index (χ2n) is 4.98. The lowest BCUT2D eigenvalue weighted by Gasteiger charge is -2.34. The number of rotatable bonds is 9. The summed E-state index contributed by atoms with van der Waals surface area (Å²) in [7, 11) is 0. The van der Waals surface area contributed by atoms with Gasteiger partial charge in [-0.25, -0.2) is 0 Å². The van der Waals surface area contributed by atoms with Gasteiger partial charge in [0.2, 0.25) is 0 Å². The van der Waals surface area contributed by atoms with Gasteiger partial charge in [-0.3, -0.25) is 4.90 Å². The van der Waals surface area contributed by atoms with Crippen molar-refractivity contribution >= 4 is 0 Å². The molecule has 1 aliphatic heterocycles. The zero-order valence-electron chi connectivity index (χ0n) is 11.7. The molecule has 0 saturated carbocycles. The molecule has 1 N–H and O–H groups in total. The molecule has 1 fully saturated rings. The van der Waals surface area contributed by atoms with Gasteiger partial charge in [0.1, 0.15) is 0 Å². The standard InChI is InChI=1S/C14H30N2O/c1-3-5-12-17-13-11-16(10-4-2)14-6-8-15-9-7-14/h14-15H,3-13H2,1-2H3. The van der Waals surface area contributed by atoms with Gasteiger partial charge in [-0.15, -0.1) is 0 Å². The Morgan fingerprint density at radius 1 is 1.06 bits per heavy atom. The van der Waals surface area contributed by atoms with E-state index in [1.807, 2.05) is 0 Å². The summed E-state index contributed by atoms with van der Waals surface area (Å²) in [6.07, 6.45) is 6.27. The minimum atomic E-state index is 0.783. The first-order valence-corrected chi connectivity index (χ1v) is 7.41. The molecule has 102 valence electrons. The number of nitrogens with zero attached hydrogens (tertiary/aromatic N) is 1. The van der Waals surface area contributed by atoms with Crippen LogP contribution in [0.1, 0.15) is 46.0 Å². The highest BCUT2D eigenvalue weighted by atomic mass is 16.5. The lowest BCUT2D eigenvalue weighted by Crippen LogP contribution is -2.44. The minimum absolute atomic E-state index is 0.783. The maximum absolute atomic E-state index is 5.68. The topological polar surface area (TPSA) is 24.5 Å². The van der Waals surface area contributed by atoms with E-state index in [0.717, 1.165) is 25.8 Å². The van der Waals surface area contributed by atoms with E-state index in [1.165, 1.54) is 51.7 Å². The van der Waals surface area contributed by atoms with E-state index >= 15 is 0 Å². The molecule has 3 nitrogen and oxygen atoms in total. The van der Waals surface area contributed by atoms with Crippen molar-refractivity contribution in [2.24, 2.45) is 0 Å². The van der Waals surface area contributed by atoms with Crippen LogP contribution in [0.5, 0.6) is 0 Å². The lowest BCUT2D eigenvalue weighted by atomic mass is 10.0. The smallest absolute Gasteiger partial charge is 0.0593 e. The van der Waals surface area contributed by atoms with Crippen molar-refractivity contribution in [1.82, 2.24) is 10.2 Å². The molecule has 1 rings (SSSR count). The van der Waals surface area contributed by atoms with Crippen molar-refractivity contribution in [3.05, 3.63) is 0 Å². The summed E-state index contributed by atoms with van der Waals surface area (Å²) in [5.74, 6) is 0. The Balaban J connectivity index is 2.17. The van der Waals surface area contributed by atoms with E-state index in [1.54, 1.807) is 0 Å². The largest absolute Gasteiger partial charge is 0.380 e. The molecule has 0 aromatic carbocycles. The molecule has 0 bridgehead atoms. The first kappa shape index (κ1) is 14.9. The van der Waals surface area contributed by atoms with Crippen molar-refractivity contribution in [3.8, 4) is 0 Å². The summed E-state index contributed by atoms with van der Waals surface area (Å²) in [6, 6.07) is 0.783. The molecule has 0 aromatic heterocycles. The fourth-order valence-corrected chi connectivity index (χ4v) is 2.47. The van der Waals surface area contributed by atoms with Gasteiger partial charge in [0, 0.05) is 19.2 Å². The highest BCUT2D eigenvalue weighted by Crippen LogP contribution is 2.12. The zero-order chi connectivity index (χ0) is 12.3. The predicted molar refractivity (Wildman–Crippen MR) is 73.5 cm³/mol. The summed E-state index contributed by atoms with van der Waals surface area (Å²) >= 11 is 0. The molecule has 3 heteroatoms. The summed E-state index contributed by atoms with van der Waals surface area (Å²) < 4.78 is 5.68. The van der Waals surface area contributed by atoms with Crippen LogP contribution in [0.3, 0.4) is 0 Å². The van der Waals surface area contributed by atoms with E-state index in [4.69, 9.17) is 4.74 Å². The summed E-state index contributed by atoms with van der Waals surface area (Å²) in [6.45, 7) is 11.0. The first-order chi connectivity index (χ1) is 8.38. The molecule has 1 saturated heterocycles. The molecular weight excluding hydrogens is 212 g/mol. The molecule has 0 aliphatic carbocycles. The van der Waals surface area contributed by atoms with Crippen molar-refractivity contribution < 1.29 is 4.74 Å². The Labute approximate surface area is 107 Å². The average Bonchev–Trinajstić information content (AvgIpc) is 2.38. The van der Waals surface area contributed by atoms with Crippen LogP contribution in [0.4, 0.5) is 0 Å². The number of hydrogen-bond acceptors (Lipinski definition) is 3. The molecule has 0 atom stereocenters. The molecule has 1 aliphatic rings. The van der Waals surface area contributed by atoms with Crippen LogP contribution in [0.2, 0.25) is 0 Å². The van der Waals surface area contributed by atoms with Gasteiger partial charge in [0.25, 0.3) is 0 Å². The van der Waals surface area contributed by atoms with E-state index < -0.39 is 0 Å². The maximum atomic E-state index is 5.68. The molecule has 0 radical (unpaired) electrons. The number of hydrogen-bond donors (Lipinski definition) is 1. The highest BCUT2D eigenvalue weighted by Gasteiger charge is 2.19. The van der Waals surface area contributed by atoms with Crippen molar-refractivity contribution in [3.63, 3.8) is 0 Å². The van der Waals surface area contributed by atoms with Crippen molar-refractivity contribution in [1.29, 1.82) is 0 Å². The second-order valence-corrected chi connectivity index (χ2v) is 4.98. The van der Waals surface area contributed by atoms with Crippen LogP contribution in [0.25, 0.3) is 0 Å². The molecule has 0 spiro atoms. The third kappa shape index (κ3) is 6.39. The number of nitrogens with one attached hydrogen (secondary N) is 1. The average molecular weight is 242 g/mol. The molecule has 0 aromatic rings. The Kier molecular flexibility index (Phi) is 8.67. The maximum Gasteiger partial charge on any atom is 0.0593 e. The highest BCUT2D eigenvalue weighted by molar-refractivity contribution is 4.77. The SMILES string of the molecule is CCCCOCCN(CCC)C1CCNCC1. The fourth-order valence-electron chi connectivity index (χ4n) is 2.47. The van der Waals surface area contributed by atoms with Crippen LogP contribution in [0, 0.1) is 0 Å². The fraction of sp³-hybridized carbons (Fsp3) is 1.00. The first-order valence-electron chi connectivity index (χ1n) is 7.41. The quantitative estimate of drug-likeness (QED) is 0.628. The molecule has 0 amide bonds. The predicted octanol–water partition coefficient (Wildman–Crippen LogP) is 2.27.